The molecule has 0 saturated carbocycles. The van der Waals surface area contributed by atoms with E-state index < -0.39 is 29.5 Å². The van der Waals surface area contributed by atoms with E-state index in [0.29, 0.717) is 22.6 Å². The maximum absolute atomic E-state index is 13.5. The van der Waals surface area contributed by atoms with E-state index in [-0.39, 0.29) is 31.1 Å². The minimum Gasteiger partial charge on any atom is -0.469 e. The molecule has 2 heterocycles. The molecule has 4 rings (SSSR count). The number of allylic oxidation sites excluding steroid dienone is 2. The van der Waals surface area contributed by atoms with Crippen LogP contribution in [0.3, 0.4) is 0 Å². The van der Waals surface area contributed by atoms with Gasteiger partial charge in [-0.1, -0.05) is 12.1 Å². The molecule has 1 aromatic heterocycles. The first-order valence-electron chi connectivity index (χ1n) is 9.52. The zero-order valence-corrected chi connectivity index (χ0v) is 15.8. The van der Waals surface area contributed by atoms with E-state index in [4.69, 9.17) is 9.15 Å². The number of carbonyl (C=O) groups excluding carboxylic acids is 3. The summed E-state index contributed by atoms with van der Waals surface area (Å²) in [6.45, 7) is 1.83. The average molecular weight is 397 g/mol. The lowest BCUT2D eigenvalue weighted by Gasteiger charge is -2.37. The van der Waals surface area contributed by atoms with Crippen molar-refractivity contribution in [2.75, 3.05) is 6.61 Å². The first-order valence-corrected chi connectivity index (χ1v) is 9.52. The van der Waals surface area contributed by atoms with Crippen LogP contribution in [0.15, 0.2) is 58.3 Å². The summed E-state index contributed by atoms with van der Waals surface area (Å²) in [6.07, 6.45) is 1.80. The van der Waals surface area contributed by atoms with Crippen molar-refractivity contribution in [2.24, 2.45) is 5.92 Å². The van der Waals surface area contributed by atoms with E-state index in [1.54, 1.807) is 31.2 Å². The van der Waals surface area contributed by atoms with Gasteiger partial charge in [0.15, 0.2) is 5.78 Å². The number of hydrogen-bond acceptors (Lipinski definition) is 5. The van der Waals surface area contributed by atoms with Gasteiger partial charge < -0.3 is 14.5 Å². The fourth-order valence-corrected chi connectivity index (χ4v) is 4.20. The Labute approximate surface area is 166 Å². The lowest BCUT2D eigenvalue weighted by Crippen LogP contribution is -2.44. The predicted octanol–water partition coefficient (Wildman–Crippen LogP) is 3.21. The topological polar surface area (TPSA) is 85.6 Å². The lowest BCUT2D eigenvalue weighted by atomic mass is 9.69. The molecule has 7 heteroatoms. The molecule has 0 bridgehead atoms. The normalized spacial score (nSPS) is 24.1. The molecule has 0 saturated heterocycles. The van der Waals surface area contributed by atoms with Crippen molar-refractivity contribution in [1.82, 2.24) is 5.32 Å². The van der Waals surface area contributed by atoms with Gasteiger partial charge in [0.05, 0.1) is 12.9 Å². The molecule has 1 aromatic carbocycles. The Morgan fingerprint density at radius 3 is 2.62 bits per heavy atom. The summed E-state index contributed by atoms with van der Waals surface area (Å²) in [5.41, 5.74) is 1.53. The number of nitrogens with one attached hydrogen (secondary N) is 1. The lowest BCUT2D eigenvalue weighted by molar-refractivity contribution is -0.152. The van der Waals surface area contributed by atoms with E-state index in [0.717, 1.165) is 0 Å². The Morgan fingerprint density at radius 2 is 1.97 bits per heavy atom. The molecule has 1 amide bonds. The standard InChI is InChI=1S/C22H20FNO5/c1-2-28-22(27)20-15(17-4-3-9-29-17)10-16-19(21(20)26)14(11-18(25)24-16)12-5-7-13(23)8-6-12/h3-9,14-15,20H,2,10-11H2,1H3,(H,24,25)/t14-,15+,20+/m1/s1. The number of hydrogen-bond donors (Lipinski definition) is 1. The third-order valence-corrected chi connectivity index (χ3v) is 5.45. The van der Waals surface area contributed by atoms with Gasteiger partial charge in [-0.05, 0) is 43.2 Å². The molecule has 0 unspecified atom stereocenters. The van der Waals surface area contributed by atoms with Crippen molar-refractivity contribution < 1.29 is 27.9 Å². The van der Waals surface area contributed by atoms with Crippen molar-refractivity contribution in [3.8, 4) is 0 Å². The van der Waals surface area contributed by atoms with Gasteiger partial charge in [-0.25, -0.2) is 4.39 Å². The van der Waals surface area contributed by atoms with Crippen LogP contribution in [0, 0.1) is 11.7 Å². The molecular formula is C22H20FNO5. The molecular weight excluding hydrogens is 377 g/mol. The number of halogens is 1. The van der Waals surface area contributed by atoms with E-state index in [1.807, 2.05) is 0 Å². The number of ether oxygens (including phenoxy) is 1. The smallest absolute Gasteiger partial charge is 0.317 e. The first kappa shape index (κ1) is 19.1. The van der Waals surface area contributed by atoms with Crippen LogP contribution in [0.5, 0.6) is 0 Å². The summed E-state index contributed by atoms with van der Waals surface area (Å²) in [6, 6.07) is 9.11. The highest BCUT2D eigenvalue weighted by atomic mass is 19.1. The van der Waals surface area contributed by atoms with Gasteiger partial charge in [0.2, 0.25) is 5.91 Å². The zero-order valence-electron chi connectivity index (χ0n) is 15.8. The van der Waals surface area contributed by atoms with Crippen LogP contribution in [0.2, 0.25) is 0 Å². The van der Waals surface area contributed by atoms with Gasteiger partial charge in [-0.2, -0.15) is 0 Å². The van der Waals surface area contributed by atoms with E-state index in [1.165, 1.54) is 18.4 Å². The van der Waals surface area contributed by atoms with Crippen LogP contribution in [0.25, 0.3) is 0 Å². The Hall–Kier alpha value is -3.22. The fourth-order valence-electron chi connectivity index (χ4n) is 4.20. The molecule has 0 radical (unpaired) electrons. The van der Waals surface area contributed by atoms with Crippen LogP contribution in [0.4, 0.5) is 4.39 Å². The number of carbonyl (C=O) groups is 3. The number of benzene rings is 1. The van der Waals surface area contributed by atoms with Crippen molar-refractivity contribution in [3.63, 3.8) is 0 Å². The van der Waals surface area contributed by atoms with Crippen LogP contribution >= 0.6 is 0 Å². The highest BCUT2D eigenvalue weighted by Crippen LogP contribution is 2.45. The van der Waals surface area contributed by atoms with Gasteiger partial charge in [0.1, 0.15) is 17.5 Å². The molecule has 2 aliphatic rings. The minimum absolute atomic E-state index is 0.0527. The molecule has 0 fully saturated rings. The van der Waals surface area contributed by atoms with Crippen LogP contribution in [0.1, 0.15) is 42.9 Å². The number of amides is 1. The second kappa shape index (κ2) is 7.66. The van der Waals surface area contributed by atoms with Gasteiger partial charge in [0, 0.05) is 29.5 Å². The number of ketones is 1. The van der Waals surface area contributed by atoms with E-state index in [2.05, 4.69) is 5.32 Å². The number of furan rings is 1. The number of esters is 1. The summed E-state index contributed by atoms with van der Waals surface area (Å²) in [5, 5.41) is 2.80. The molecule has 1 aliphatic heterocycles. The molecule has 3 atom stereocenters. The van der Waals surface area contributed by atoms with Gasteiger partial charge in [-0.3, -0.25) is 14.4 Å². The number of rotatable bonds is 4. The Morgan fingerprint density at radius 1 is 1.21 bits per heavy atom. The SMILES string of the molecule is CCOC(=O)[C@@H]1C(=O)C2=C(C[C@H]1c1ccco1)NC(=O)C[C@@H]2c1ccc(F)cc1. The third-order valence-electron chi connectivity index (χ3n) is 5.45. The predicted molar refractivity (Wildman–Crippen MR) is 100 cm³/mol. The zero-order chi connectivity index (χ0) is 20.5. The van der Waals surface area contributed by atoms with Crippen molar-refractivity contribution in [2.45, 2.75) is 31.6 Å². The van der Waals surface area contributed by atoms with E-state index in [9.17, 15) is 18.8 Å². The van der Waals surface area contributed by atoms with Crippen molar-refractivity contribution >= 4 is 17.7 Å². The molecule has 0 spiro atoms. The molecule has 29 heavy (non-hydrogen) atoms. The Bertz CT molecular complexity index is 977. The molecule has 2 aromatic rings. The molecule has 1 aliphatic carbocycles. The third kappa shape index (κ3) is 3.48. The van der Waals surface area contributed by atoms with Gasteiger partial charge in [0.25, 0.3) is 0 Å². The van der Waals surface area contributed by atoms with Crippen LogP contribution in [-0.4, -0.2) is 24.3 Å². The largest absolute Gasteiger partial charge is 0.469 e. The highest BCUT2D eigenvalue weighted by Gasteiger charge is 2.48. The quantitative estimate of drug-likeness (QED) is 0.633. The van der Waals surface area contributed by atoms with Crippen molar-refractivity contribution in [3.05, 3.63) is 71.1 Å². The second-order valence-electron chi connectivity index (χ2n) is 7.17. The van der Waals surface area contributed by atoms with Gasteiger partial charge in [-0.15, -0.1) is 0 Å². The molecule has 1 N–H and O–H groups in total. The molecule has 6 nitrogen and oxygen atoms in total. The highest BCUT2D eigenvalue weighted by molar-refractivity contribution is 6.12. The number of Topliss-reactive ketones (excluding diaryl/α,β-unsaturated/α-hetero) is 1. The molecule has 150 valence electrons. The maximum Gasteiger partial charge on any atom is 0.317 e. The first-order chi connectivity index (χ1) is 14.0. The summed E-state index contributed by atoms with van der Waals surface area (Å²) in [5.74, 6) is -3.30. The van der Waals surface area contributed by atoms with E-state index >= 15 is 0 Å². The second-order valence-corrected chi connectivity index (χ2v) is 7.17. The maximum atomic E-state index is 13.5. The minimum atomic E-state index is -1.06. The monoisotopic (exact) mass is 397 g/mol. The summed E-state index contributed by atoms with van der Waals surface area (Å²) < 4.78 is 24.0. The Kier molecular flexibility index (Phi) is 5.05. The van der Waals surface area contributed by atoms with Crippen LogP contribution in [-0.2, 0) is 19.1 Å². The van der Waals surface area contributed by atoms with Crippen LogP contribution < -0.4 is 5.32 Å². The Balaban J connectivity index is 1.80. The van der Waals surface area contributed by atoms with Gasteiger partial charge >= 0.3 is 5.97 Å². The fraction of sp³-hybridized carbons (Fsp3) is 0.318. The average Bonchev–Trinajstić information content (AvgIpc) is 3.22. The summed E-state index contributed by atoms with van der Waals surface area (Å²) in [4.78, 5) is 38.6. The van der Waals surface area contributed by atoms with Crippen molar-refractivity contribution in [1.29, 1.82) is 0 Å². The summed E-state index contributed by atoms with van der Waals surface area (Å²) in [7, 11) is 0. The summed E-state index contributed by atoms with van der Waals surface area (Å²) >= 11 is 0.